The van der Waals surface area contributed by atoms with Gasteiger partial charge in [0.05, 0.1) is 13.2 Å². The standard InChI is InChI=1S/C26H29NO3/c1-27-10-9-26-21-16-7-8-20(29-2)24(21)30-25(26)23(28)18-12-15-6-4-3-5-14(15)11-17(18)22(26)19(27)13-16/h3-8,17-19,22-23,25,28H,9-13H2,1-2H3/t17-,18+,19+,22-,23-,25-,26+/m0/s1. The minimum atomic E-state index is -0.438. The van der Waals surface area contributed by atoms with Crippen LogP contribution in [0.4, 0.5) is 0 Å². The van der Waals surface area contributed by atoms with Crippen molar-refractivity contribution >= 4 is 0 Å². The fourth-order valence-electron chi connectivity index (χ4n) is 8.18. The highest BCUT2D eigenvalue weighted by Gasteiger charge is 2.70. The van der Waals surface area contributed by atoms with Gasteiger partial charge in [0, 0.05) is 17.0 Å². The van der Waals surface area contributed by atoms with Crippen LogP contribution in [0.5, 0.6) is 11.5 Å². The number of methoxy groups -OCH3 is 1. The van der Waals surface area contributed by atoms with Crippen molar-refractivity contribution in [2.75, 3.05) is 20.7 Å². The number of aliphatic hydroxyl groups excluding tert-OH is 1. The molecular formula is C26H29NO3. The van der Waals surface area contributed by atoms with Gasteiger partial charge in [0.1, 0.15) is 6.10 Å². The van der Waals surface area contributed by atoms with E-state index in [9.17, 15) is 5.11 Å². The smallest absolute Gasteiger partial charge is 0.165 e. The molecule has 1 saturated carbocycles. The molecule has 0 aromatic heterocycles. The van der Waals surface area contributed by atoms with E-state index in [2.05, 4.69) is 48.3 Å². The Bertz CT molecular complexity index is 1050. The maximum absolute atomic E-state index is 11.8. The Morgan fingerprint density at radius 1 is 1.03 bits per heavy atom. The van der Waals surface area contributed by atoms with Gasteiger partial charge >= 0.3 is 0 Å². The van der Waals surface area contributed by atoms with E-state index in [0.29, 0.717) is 17.9 Å². The molecule has 156 valence electrons. The Morgan fingerprint density at radius 2 is 1.80 bits per heavy atom. The molecule has 2 aromatic rings. The number of aliphatic hydroxyl groups is 1. The largest absolute Gasteiger partial charge is 0.493 e. The summed E-state index contributed by atoms with van der Waals surface area (Å²) in [6.45, 7) is 1.07. The summed E-state index contributed by atoms with van der Waals surface area (Å²) >= 11 is 0. The molecule has 2 bridgehead atoms. The molecular weight excluding hydrogens is 374 g/mol. The van der Waals surface area contributed by atoms with Crippen LogP contribution in [0.15, 0.2) is 36.4 Å². The first-order chi connectivity index (χ1) is 14.6. The maximum Gasteiger partial charge on any atom is 0.165 e. The second-order valence-electron chi connectivity index (χ2n) is 10.2. The lowest BCUT2D eigenvalue weighted by molar-refractivity contribution is -0.158. The number of likely N-dealkylation sites (N-methyl/N-ethyl adjacent to an activating group) is 1. The summed E-state index contributed by atoms with van der Waals surface area (Å²) in [4.78, 5) is 2.59. The Labute approximate surface area is 177 Å². The van der Waals surface area contributed by atoms with Crippen LogP contribution in [0.2, 0.25) is 0 Å². The van der Waals surface area contributed by atoms with Crippen LogP contribution in [-0.2, 0) is 24.7 Å². The van der Waals surface area contributed by atoms with E-state index in [-0.39, 0.29) is 17.4 Å². The van der Waals surface area contributed by atoms with Crippen molar-refractivity contribution in [3.63, 3.8) is 0 Å². The quantitative estimate of drug-likeness (QED) is 0.795. The number of rotatable bonds is 1. The first-order valence-electron chi connectivity index (χ1n) is 11.5. The molecule has 1 spiro atoms. The first kappa shape index (κ1) is 17.6. The highest BCUT2D eigenvalue weighted by molar-refractivity contribution is 5.61. The van der Waals surface area contributed by atoms with E-state index in [1.54, 1.807) is 7.11 Å². The summed E-state index contributed by atoms with van der Waals surface area (Å²) < 4.78 is 12.4. The number of fused-ring (bicyclic) bond motifs is 2. The van der Waals surface area contributed by atoms with Gasteiger partial charge in [-0.1, -0.05) is 30.3 Å². The average molecular weight is 404 g/mol. The van der Waals surface area contributed by atoms with E-state index in [1.165, 1.54) is 22.3 Å². The highest BCUT2D eigenvalue weighted by atomic mass is 16.5. The number of benzene rings is 2. The van der Waals surface area contributed by atoms with Crippen LogP contribution in [0.25, 0.3) is 0 Å². The molecule has 1 saturated heterocycles. The predicted molar refractivity (Wildman–Crippen MR) is 114 cm³/mol. The van der Waals surface area contributed by atoms with E-state index < -0.39 is 6.10 Å². The molecule has 30 heavy (non-hydrogen) atoms. The summed E-state index contributed by atoms with van der Waals surface area (Å²) in [6.07, 6.45) is 3.58. The van der Waals surface area contributed by atoms with Crippen molar-refractivity contribution in [3.05, 3.63) is 58.7 Å². The molecule has 7 atom stereocenters. The van der Waals surface area contributed by atoms with Gasteiger partial charge in [-0.05, 0) is 79.8 Å². The normalized spacial score (nSPS) is 40.1. The lowest BCUT2D eigenvalue weighted by Crippen LogP contribution is -2.71. The highest BCUT2D eigenvalue weighted by Crippen LogP contribution is 2.66. The Hall–Kier alpha value is -2.04. The maximum atomic E-state index is 11.8. The summed E-state index contributed by atoms with van der Waals surface area (Å²) in [7, 11) is 4.03. The van der Waals surface area contributed by atoms with Gasteiger partial charge in [-0.3, -0.25) is 0 Å². The zero-order valence-electron chi connectivity index (χ0n) is 17.7. The molecule has 7 rings (SSSR count). The number of piperidine rings is 1. The van der Waals surface area contributed by atoms with Gasteiger partial charge in [0.15, 0.2) is 11.5 Å². The van der Waals surface area contributed by atoms with Crippen LogP contribution < -0.4 is 9.47 Å². The van der Waals surface area contributed by atoms with E-state index in [1.807, 2.05) is 0 Å². The fourth-order valence-corrected chi connectivity index (χ4v) is 8.18. The second kappa shape index (κ2) is 5.80. The molecule has 2 aromatic carbocycles. The van der Waals surface area contributed by atoms with Gasteiger partial charge in [0.25, 0.3) is 0 Å². The lowest BCUT2D eigenvalue weighted by atomic mass is 9.44. The van der Waals surface area contributed by atoms with Crippen LogP contribution in [0, 0.1) is 17.8 Å². The van der Waals surface area contributed by atoms with Crippen LogP contribution in [0.3, 0.4) is 0 Å². The number of likely N-dealkylation sites (tertiary alicyclic amines) is 1. The summed E-state index contributed by atoms with van der Waals surface area (Å²) in [5.41, 5.74) is 5.59. The SMILES string of the molecule is COc1ccc2c3c1O[C@H]1[C@@H](O)[C@@H]4Cc5ccccc5C[C@@H]4[C@H]4[C@@H](C2)N(C)CC[C@@]341. The minimum Gasteiger partial charge on any atom is -0.493 e. The predicted octanol–water partition coefficient (Wildman–Crippen LogP) is 2.98. The van der Waals surface area contributed by atoms with E-state index in [4.69, 9.17) is 9.47 Å². The summed E-state index contributed by atoms with van der Waals surface area (Å²) in [5.74, 6) is 3.02. The molecule has 4 nitrogen and oxygen atoms in total. The molecule has 0 radical (unpaired) electrons. The topological polar surface area (TPSA) is 41.9 Å². The molecule has 2 aliphatic heterocycles. The third-order valence-electron chi connectivity index (χ3n) is 9.32. The second-order valence-corrected chi connectivity index (χ2v) is 10.2. The van der Waals surface area contributed by atoms with E-state index >= 15 is 0 Å². The number of ether oxygens (including phenoxy) is 2. The molecule has 3 aliphatic carbocycles. The van der Waals surface area contributed by atoms with Crippen molar-refractivity contribution in [1.29, 1.82) is 0 Å². The zero-order valence-corrected chi connectivity index (χ0v) is 17.7. The molecule has 0 unspecified atom stereocenters. The third-order valence-corrected chi connectivity index (χ3v) is 9.32. The monoisotopic (exact) mass is 403 g/mol. The first-order valence-corrected chi connectivity index (χ1v) is 11.5. The Balaban J connectivity index is 1.47. The van der Waals surface area contributed by atoms with Gasteiger partial charge in [0.2, 0.25) is 0 Å². The molecule has 0 amide bonds. The van der Waals surface area contributed by atoms with E-state index in [0.717, 1.165) is 43.7 Å². The van der Waals surface area contributed by atoms with Crippen molar-refractivity contribution < 1.29 is 14.6 Å². The Kier molecular flexibility index (Phi) is 3.41. The molecule has 2 heterocycles. The molecule has 5 aliphatic rings. The van der Waals surface area contributed by atoms with Gasteiger partial charge in [-0.25, -0.2) is 0 Å². The van der Waals surface area contributed by atoms with Crippen molar-refractivity contribution in [3.8, 4) is 11.5 Å². The Morgan fingerprint density at radius 3 is 2.57 bits per heavy atom. The third kappa shape index (κ3) is 1.91. The summed E-state index contributed by atoms with van der Waals surface area (Å²) in [5, 5.41) is 11.8. The summed E-state index contributed by atoms with van der Waals surface area (Å²) in [6, 6.07) is 13.7. The van der Waals surface area contributed by atoms with Crippen molar-refractivity contribution in [2.24, 2.45) is 17.8 Å². The number of nitrogens with zero attached hydrogens (tertiary/aromatic N) is 1. The van der Waals surface area contributed by atoms with Gasteiger partial charge in [-0.2, -0.15) is 0 Å². The van der Waals surface area contributed by atoms with Crippen LogP contribution in [0.1, 0.15) is 28.7 Å². The fraction of sp³-hybridized carbons (Fsp3) is 0.538. The van der Waals surface area contributed by atoms with Crippen LogP contribution in [-0.4, -0.2) is 49.0 Å². The number of hydrogen-bond donors (Lipinski definition) is 1. The molecule has 1 N–H and O–H groups in total. The van der Waals surface area contributed by atoms with Crippen molar-refractivity contribution in [2.45, 2.75) is 49.3 Å². The lowest BCUT2D eigenvalue weighted by Gasteiger charge is -2.63. The minimum absolute atomic E-state index is 0.0818. The molecule has 4 heteroatoms. The van der Waals surface area contributed by atoms with Crippen LogP contribution >= 0.6 is 0 Å². The zero-order chi connectivity index (χ0) is 20.2. The molecule has 2 fully saturated rings. The van der Waals surface area contributed by atoms with Crippen molar-refractivity contribution in [1.82, 2.24) is 4.90 Å². The number of hydrogen-bond acceptors (Lipinski definition) is 4. The van der Waals surface area contributed by atoms with Gasteiger partial charge in [-0.15, -0.1) is 0 Å². The van der Waals surface area contributed by atoms with Gasteiger partial charge < -0.3 is 19.5 Å². The average Bonchev–Trinajstić information content (AvgIpc) is 3.12.